The van der Waals surface area contributed by atoms with E-state index in [1.807, 2.05) is 6.07 Å². The lowest BCUT2D eigenvalue weighted by molar-refractivity contribution is -0.123. The Morgan fingerprint density at radius 3 is 2.45 bits per heavy atom. The smallest absolute Gasteiger partial charge is 0.233 e. The molecule has 0 radical (unpaired) electrons. The quantitative estimate of drug-likeness (QED) is 0.145. The number of nitrogens with one attached hydrogen (secondary N) is 3. The minimum atomic E-state index is -0.697. The number of anilines is 2. The lowest BCUT2D eigenvalue weighted by atomic mass is 9.95. The van der Waals surface area contributed by atoms with Crippen molar-refractivity contribution in [3.63, 3.8) is 0 Å². The van der Waals surface area contributed by atoms with E-state index >= 15 is 4.39 Å². The van der Waals surface area contributed by atoms with Crippen LogP contribution in [0.2, 0.25) is 0 Å². The first-order chi connectivity index (χ1) is 20.1. The van der Waals surface area contributed by atoms with Gasteiger partial charge in [-0.25, -0.2) is 8.78 Å². The Labute approximate surface area is 248 Å². The maximum absolute atomic E-state index is 15.1. The summed E-state index contributed by atoms with van der Waals surface area (Å²) in [4.78, 5) is 30.0. The number of nitrogens with zero attached hydrogens (tertiary/aromatic N) is 1. The van der Waals surface area contributed by atoms with Crippen LogP contribution in [0.3, 0.4) is 0 Å². The van der Waals surface area contributed by atoms with Crippen molar-refractivity contribution in [1.29, 1.82) is 0 Å². The topological polar surface area (TPSA) is 92.4 Å². The predicted octanol–water partition coefficient (Wildman–Crippen LogP) is 8.11. The van der Waals surface area contributed by atoms with Gasteiger partial charge in [-0.1, -0.05) is 32.4 Å². The van der Waals surface area contributed by atoms with Crippen LogP contribution >= 0.6 is 11.3 Å². The van der Waals surface area contributed by atoms with Gasteiger partial charge in [-0.15, -0.1) is 11.3 Å². The van der Waals surface area contributed by atoms with Crippen LogP contribution in [0.15, 0.2) is 67.0 Å². The van der Waals surface area contributed by atoms with Gasteiger partial charge in [0.15, 0.2) is 11.6 Å². The second kappa shape index (κ2) is 14.0. The third-order valence-corrected chi connectivity index (χ3v) is 7.58. The minimum Gasteiger partial charge on any atom is -0.453 e. The summed E-state index contributed by atoms with van der Waals surface area (Å²) in [5.74, 6) is -1.89. The van der Waals surface area contributed by atoms with Crippen molar-refractivity contribution in [3.05, 3.63) is 83.5 Å². The van der Waals surface area contributed by atoms with Gasteiger partial charge in [-0.2, -0.15) is 0 Å². The summed E-state index contributed by atoms with van der Waals surface area (Å²) >= 11 is 1.54. The van der Waals surface area contributed by atoms with Crippen LogP contribution in [0.25, 0.3) is 15.8 Å². The van der Waals surface area contributed by atoms with Crippen LogP contribution in [-0.4, -0.2) is 22.8 Å². The van der Waals surface area contributed by atoms with Crippen LogP contribution in [0.4, 0.5) is 20.2 Å². The number of benzene rings is 2. The Morgan fingerprint density at radius 1 is 0.976 bits per heavy atom. The number of carbonyl (C=O) groups is 2. The Hall–Kier alpha value is -4.31. The summed E-state index contributed by atoms with van der Waals surface area (Å²) < 4.78 is 35.6. The number of fused-ring (bicyclic) bond motifs is 1. The first-order valence-corrected chi connectivity index (χ1v) is 14.6. The molecular formula is C32H34F2N4O3S. The summed E-state index contributed by atoms with van der Waals surface area (Å²) in [5.41, 5.74) is 2.07. The van der Waals surface area contributed by atoms with Crippen LogP contribution < -0.4 is 20.7 Å². The Kier molecular flexibility index (Phi) is 10.2. The van der Waals surface area contributed by atoms with Crippen molar-refractivity contribution in [2.75, 3.05) is 10.6 Å². The zero-order valence-corrected chi connectivity index (χ0v) is 24.8. The highest BCUT2D eigenvalue weighted by molar-refractivity contribution is 7.20. The molecule has 1 unspecified atom stereocenters. The van der Waals surface area contributed by atoms with Crippen molar-refractivity contribution in [3.8, 4) is 11.5 Å². The number of hydrogen-bond acceptors (Lipinski definition) is 6. The van der Waals surface area contributed by atoms with E-state index in [-0.39, 0.29) is 17.1 Å². The second-order valence-corrected chi connectivity index (χ2v) is 11.3. The fourth-order valence-electron chi connectivity index (χ4n) is 4.33. The van der Waals surface area contributed by atoms with E-state index in [0.29, 0.717) is 17.7 Å². The first-order valence-electron chi connectivity index (χ1n) is 13.8. The highest BCUT2D eigenvalue weighted by Gasteiger charge is 2.18. The molecule has 7 nitrogen and oxygen atoms in total. The van der Waals surface area contributed by atoms with Crippen molar-refractivity contribution >= 4 is 50.3 Å². The van der Waals surface area contributed by atoms with Crippen molar-refractivity contribution in [2.45, 2.75) is 53.0 Å². The molecule has 0 aliphatic heterocycles. The summed E-state index contributed by atoms with van der Waals surface area (Å²) in [5, 5.41) is 8.23. The lowest BCUT2D eigenvalue weighted by Crippen LogP contribution is -2.21. The number of allylic oxidation sites excluding steroid dienone is 1. The van der Waals surface area contributed by atoms with Crippen LogP contribution in [0, 0.1) is 17.6 Å². The number of thiophene rings is 1. The predicted molar refractivity (Wildman–Crippen MR) is 165 cm³/mol. The summed E-state index contributed by atoms with van der Waals surface area (Å²) in [6.45, 7) is 8.55. The van der Waals surface area contributed by atoms with Crippen molar-refractivity contribution in [2.24, 2.45) is 5.92 Å². The fraction of sp³-hybridized carbons (Fsp3) is 0.281. The minimum absolute atomic E-state index is 0.0238. The Balaban J connectivity index is 1.47. The van der Waals surface area contributed by atoms with E-state index < -0.39 is 29.9 Å². The number of rotatable bonds is 12. The summed E-state index contributed by atoms with van der Waals surface area (Å²) in [7, 11) is 0. The largest absolute Gasteiger partial charge is 0.453 e. The fourth-order valence-corrected chi connectivity index (χ4v) is 5.52. The Bertz CT molecular complexity index is 1600. The number of ether oxygens (including phenoxy) is 1. The van der Waals surface area contributed by atoms with Gasteiger partial charge in [0.25, 0.3) is 0 Å². The number of amides is 2. The Morgan fingerprint density at radius 2 is 1.74 bits per heavy atom. The molecule has 2 aromatic carbocycles. The maximum atomic E-state index is 15.1. The molecule has 0 saturated heterocycles. The number of para-hydroxylation sites is 1. The van der Waals surface area contributed by atoms with E-state index in [9.17, 15) is 14.0 Å². The third-order valence-electron chi connectivity index (χ3n) is 6.39. The molecule has 0 aliphatic carbocycles. The average molecular weight is 593 g/mol. The van der Waals surface area contributed by atoms with Gasteiger partial charge in [-0.05, 0) is 62.1 Å². The molecule has 10 heteroatoms. The highest BCUT2D eigenvalue weighted by atomic mass is 32.1. The highest BCUT2D eigenvalue weighted by Crippen LogP contribution is 2.40. The molecule has 220 valence electrons. The lowest BCUT2D eigenvalue weighted by Gasteiger charge is -2.16. The third kappa shape index (κ3) is 7.91. The van der Waals surface area contributed by atoms with Gasteiger partial charge in [-0.3, -0.25) is 14.6 Å². The number of carbonyl (C=O) groups excluding carboxylic acids is 2. The molecule has 1 atom stereocenters. The first kappa shape index (κ1) is 30.6. The van der Waals surface area contributed by atoms with Crippen LogP contribution in [0.5, 0.6) is 11.5 Å². The summed E-state index contributed by atoms with van der Waals surface area (Å²) in [6.07, 6.45) is 5.24. The van der Waals surface area contributed by atoms with E-state index in [1.54, 1.807) is 29.7 Å². The molecular weight excluding hydrogens is 558 g/mol. The number of hydrogen-bond donors (Lipinski definition) is 3. The number of pyridine rings is 1. The van der Waals surface area contributed by atoms with E-state index in [4.69, 9.17) is 4.74 Å². The number of halogens is 2. The molecule has 2 heterocycles. The molecule has 4 rings (SSSR count). The van der Waals surface area contributed by atoms with E-state index in [1.165, 1.54) is 35.9 Å². The van der Waals surface area contributed by atoms with Crippen LogP contribution in [0.1, 0.15) is 51.8 Å². The molecule has 2 amide bonds. The van der Waals surface area contributed by atoms with Crippen molar-refractivity contribution < 1.29 is 23.1 Å². The standard InChI is InChI=1S/C32H34F2N4O3S/c1-5-8-20(4)22(18-36-19(2)3)29-16-26-32(42-29)28(13-14-35-26)41-27-12-11-21(15-24(27)34)37-30(39)17-31(40)38-25-10-7-6-9-23(25)33/h6-7,9-16,18-20,36H,5,8,17H2,1-4H3,(H,37,39)(H,38,40)/b22-18+. The monoisotopic (exact) mass is 592 g/mol. The second-order valence-electron chi connectivity index (χ2n) is 10.2. The van der Waals surface area contributed by atoms with Crippen LogP contribution in [-0.2, 0) is 9.59 Å². The van der Waals surface area contributed by atoms with Gasteiger partial charge in [0.2, 0.25) is 11.8 Å². The maximum Gasteiger partial charge on any atom is 0.233 e. The normalized spacial score (nSPS) is 12.3. The molecule has 0 saturated carbocycles. The van der Waals surface area contributed by atoms with Gasteiger partial charge in [0.05, 0.1) is 15.9 Å². The van der Waals surface area contributed by atoms with Gasteiger partial charge in [0.1, 0.15) is 18.0 Å². The van der Waals surface area contributed by atoms with E-state index in [2.05, 4.69) is 54.8 Å². The average Bonchev–Trinajstić information content (AvgIpc) is 3.36. The summed E-state index contributed by atoms with van der Waals surface area (Å²) in [6, 6.07) is 13.7. The molecule has 0 spiro atoms. The molecule has 3 N–H and O–H groups in total. The van der Waals surface area contributed by atoms with E-state index in [0.717, 1.165) is 34.0 Å². The number of aromatic nitrogens is 1. The molecule has 0 aliphatic rings. The van der Waals surface area contributed by atoms with Crippen molar-refractivity contribution in [1.82, 2.24) is 10.3 Å². The molecule has 0 bridgehead atoms. The zero-order chi connectivity index (χ0) is 30.2. The van der Waals surface area contributed by atoms with Gasteiger partial charge in [0, 0.05) is 41.1 Å². The molecule has 4 aromatic rings. The van der Waals surface area contributed by atoms with Gasteiger partial charge >= 0.3 is 0 Å². The molecule has 0 fully saturated rings. The SMILES string of the molecule is CCCC(C)/C(=C\NC(C)C)c1cc2nccc(Oc3ccc(NC(=O)CC(=O)Nc4ccccc4F)cc3F)c2s1. The zero-order valence-electron chi connectivity index (χ0n) is 24.0. The van der Waals surface area contributed by atoms with Gasteiger partial charge < -0.3 is 20.7 Å². The molecule has 2 aromatic heterocycles. The molecule has 42 heavy (non-hydrogen) atoms.